The number of carbonyl (C=O) groups excluding carboxylic acids is 1. The van der Waals surface area contributed by atoms with Gasteiger partial charge in [0.2, 0.25) is 0 Å². The summed E-state index contributed by atoms with van der Waals surface area (Å²) in [6.45, 7) is 0. The number of pyridine rings is 1. The monoisotopic (exact) mass is 347 g/mol. The van der Waals surface area contributed by atoms with Gasteiger partial charge in [0.15, 0.2) is 0 Å². The van der Waals surface area contributed by atoms with Crippen LogP contribution in [-0.2, 0) is 10.3 Å². The summed E-state index contributed by atoms with van der Waals surface area (Å²) in [6.07, 6.45) is 10.6. The molecule has 0 saturated heterocycles. The Balaban J connectivity index is 1.48. The lowest BCUT2D eigenvalue weighted by Crippen LogP contribution is -2.52. The molecule has 0 radical (unpaired) electrons. The van der Waals surface area contributed by atoms with Crippen molar-refractivity contribution in [3.8, 4) is 0 Å². The lowest BCUT2D eigenvalue weighted by molar-refractivity contribution is -0.00782. The number of amides is 2. The summed E-state index contributed by atoms with van der Waals surface area (Å²) in [7, 11) is 1.71. The standard InChI is InChI=1S/C19H29N3O3/c1-25-17-7-3-2-6-16(17)22-18(23)21-15-8-10-19(24,11-9-15)14-5-4-12-20-13-14/h4-5,12-13,15-17,24H,2-3,6-11H2,1H3,(H2,21,22,23)/t15?,16-,17-,19?/m0/s1. The van der Waals surface area contributed by atoms with E-state index in [-0.39, 0.29) is 24.2 Å². The zero-order valence-electron chi connectivity index (χ0n) is 14.9. The number of aromatic nitrogens is 1. The Hall–Kier alpha value is -1.66. The second-order valence-corrected chi connectivity index (χ2v) is 7.33. The van der Waals surface area contributed by atoms with Gasteiger partial charge in [-0.15, -0.1) is 0 Å². The van der Waals surface area contributed by atoms with Gasteiger partial charge in [0.25, 0.3) is 0 Å². The van der Waals surface area contributed by atoms with Crippen LogP contribution in [0, 0.1) is 0 Å². The molecule has 1 aromatic heterocycles. The molecule has 0 unspecified atom stereocenters. The number of hydrogen-bond acceptors (Lipinski definition) is 4. The summed E-state index contributed by atoms with van der Waals surface area (Å²) in [5.41, 5.74) is 0.0380. The van der Waals surface area contributed by atoms with Crippen molar-refractivity contribution >= 4 is 6.03 Å². The van der Waals surface area contributed by atoms with Crippen molar-refractivity contribution in [3.05, 3.63) is 30.1 Å². The Morgan fingerprint density at radius 3 is 2.68 bits per heavy atom. The van der Waals surface area contributed by atoms with Gasteiger partial charge < -0.3 is 20.5 Å². The van der Waals surface area contributed by atoms with Gasteiger partial charge in [-0.05, 0) is 44.6 Å². The third kappa shape index (κ3) is 4.50. The number of nitrogens with one attached hydrogen (secondary N) is 2. The minimum atomic E-state index is -0.826. The highest BCUT2D eigenvalue weighted by Gasteiger charge is 2.35. The minimum Gasteiger partial charge on any atom is -0.385 e. The van der Waals surface area contributed by atoms with Crippen LogP contribution in [0.4, 0.5) is 4.79 Å². The molecule has 6 heteroatoms. The van der Waals surface area contributed by atoms with Gasteiger partial charge in [-0.25, -0.2) is 4.79 Å². The molecule has 1 heterocycles. The van der Waals surface area contributed by atoms with Crippen molar-refractivity contribution in [2.75, 3.05) is 7.11 Å². The largest absolute Gasteiger partial charge is 0.385 e. The summed E-state index contributed by atoms with van der Waals surface area (Å²) in [4.78, 5) is 16.4. The highest BCUT2D eigenvalue weighted by Crippen LogP contribution is 2.36. The first-order chi connectivity index (χ1) is 12.1. The Labute approximate surface area is 149 Å². The molecular formula is C19H29N3O3. The van der Waals surface area contributed by atoms with Crippen molar-refractivity contribution in [2.45, 2.75) is 75.2 Å². The Morgan fingerprint density at radius 1 is 1.24 bits per heavy atom. The molecule has 2 aliphatic carbocycles. The van der Waals surface area contributed by atoms with E-state index in [1.807, 2.05) is 12.1 Å². The second-order valence-electron chi connectivity index (χ2n) is 7.33. The first-order valence-electron chi connectivity index (χ1n) is 9.33. The predicted molar refractivity (Wildman–Crippen MR) is 95.1 cm³/mol. The number of hydrogen-bond donors (Lipinski definition) is 3. The van der Waals surface area contributed by atoms with Crippen molar-refractivity contribution in [3.63, 3.8) is 0 Å². The molecule has 2 fully saturated rings. The van der Waals surface area contributed by atoms with Gasteiger partial charge >= 0.3 is 6.03 Å². The third-order valence-corrected chi connectivity index (χ3v) is 5.67. The van der Waals surface area contributed by atoms with Crippen LogP contribution in [0.15, 0.2) is 24.5 Å². The molecule has 3 rings (SSSR count). The Bertz CT molecular complexity index is 558. The first-order valence-corrected chi connectivity index (χ1v) is 9.33. The van der Waals surface area contributed by atoms with E-state index in [0.29, 0.717) is 12.8 Å². The topological polar surface area (TPSA) is 83.5 Å². The van der Waals surface area contributed by atoms with E-state index in [1.54, 1.807) is 19.5 Å². The lowest BCUT2D eigenvalue weighted by Gasteiger charge is -2.37. The van der Waals surface area contributed by atoms with E-state index in [9.17, 15) is 9.90 Å². The molecule has 2 aliphatic rings. The first kappa shape index (κ1) is 18.1. The Morgan fingerprint density at radius 2 is 2.00 bits per heavy atom. The highest BCUT2D eigenvalue weighted by atomic mass is 16.5. The predicted octanol–water partition coefficient (Wildman–Crippen LogP) is 2.47. The number of ether oxygens (including phenoxy) is 1. The maximum atomic E-state index is 12.3. The van der Waals surface area contributed by atoms with Crippen molar-refractivity contribution < 1.29 is 14.6 Å². The molecule has 0 spiro atoms. The zero-order chi connectivity index (χ0) is 17.7. The van der Waals surface area contributed by atoms with Crippen molar-refractivity contribution in [1.29, 1.82) is 0 Å². The fraction of sp³-hybridized carbons (Fsp3) is 0.684. The van der Waals surface area contributed by atoms with E-state index >= 15 is 0 Å². The molecule has 2 atom stereocenters. The average molecular weight is 347 g/mol. The van der Waals surface area contributed by atoms with Gasteiger partial charge in [0.05, 0.1) is 17.7 Å². The summed E-state index contributed by atoms with van der Waals surface area (Å²) in [6, 6.07) is 3.84. The van der Waals surface area contributed by atoms with Crippen molar-refractivity contribution in [2.24, 2.45) is 0 Å². The number of nitrogens with zero attached hydrogens (tertiary/aromatic N) is 1. The molecule has 0 aliphatic heterocycles. The number of rotatable bonds is 4. The van der Waals surface area contributed by atoms with Crippen LogP contribution in [0.3, 0.4) is 0 Å². The lowest BCUT2D eigenvalue weighted by atomic mass is 9.78. The molecule has 0 aromatic carbocycles. The quantitative estimate of drug-likeness (QED) is 0.781. The summed E-state index contributed by atoms with van der Waals surface area (Å²) in [5.74, 6) is 0. The molecule has 3 N–H and O–H groups in total. The number of methoxy groups -OCH3 is 1. The maximum Gasteiger partial charge on any atom is 0.315 e. The minimum absolute atomic E-state index is 0.0923. The molecule has 138 valence electrons. The van der Waals surface area contributed by atoms with Gasteiger partial charge in [0.1, 0.15) is 0 Å². The van der Waals surface area contributed by atoms with E-state index in [4.69, 9.17) is 4.74 Å². The number of carbonyl (C=O) groups is 1. The Kier molecular flexibility index (Phi) is 5.91. The molecule has 6 nitrogen and oxygen atoms in total. The van der Waals surface area contributed by atoms with Gasteiger partial charge in [-0.3, -0.25) is 4.98 Å². The zero-order valence-corrected chi connectivity index (χ0v) is 14.9. The van der Waals surface area contributed by atoms with Crippen LogP contribution < -0.4 is 10.6 Å². The maximum absolute atomic E-state index is 12.3. The van der Waals surface area contributed by atoms with Crippen molar-refractivity contribution in [1.82, 2.24) is 15.6 Å². The molecule has 2 saturated carbocycles. The van der Waals surface area contributed by atoms with Crippen LogP contribution in [0.1, 0.15) is 56.9 Å². The van der Waals surface area contributed by atoms with E-state index in [1.165, 1.54) is 0 Å². The second kappa shape index (κ2) is 8.15. The SMILES string of the molecule is CO[C@H]1CCCC[C@@H]1NC(=O)NC1CCC(O)(c2cccnc2)CC1. The molecule has 0 bridgehead atoms. The summed E-state index contributed by atoms with van der Waals surface area (Å²) >= 11 is 0. The van der Waals surface area contributed by atoms with Gasteiger partial charge in [-0.2, -0.15) is 0 Å². The molecule has 25 heavy (non-hydrogen) atoms. The normalized spacial score (nSPS) is 32.8. The van der Waals surface area contributed by atoms with Crippen LogP contribution in [0.5, 0.6) is 0 Å². The number of urea groups is 1. The average Bonchev–Trinajstić information content (AvgIpc) is 2.65. The molecule has 1 aromatic rings. The third-order valence-electron chi connectivity index (χ3n) is 5.67. The van der Waals surface area contributed by atoms with Crippen LogP contribution in [0.2, 0.25) is 0 Å². The number of aliphatic hydroxyl groups is 1. The summed E-state index contributed by atoms with van der Waals surface area (Å²) < 4.78 is 5.49. The van der Waals surface area contributed by atoms with E-state index < -0.39 is 5.60 Å². The van der Waals surface area contributed by atoms with Crippen LogP contribution >= 0.6 is 0 Å². The fourth-order valence-electron chi connectivity index (χ4n) is 4.11. The smallest absolute Gasteiger partial charge is 0.315 e. The summed E-state index contributed by atoms with van der Waals surface area (Å²) in [5, 5.41) is 17.0. The fourth-order valence-corrected chi connectivity index (χ4v) is 4.11. The van der Waals surface area contributed by atoms with E-state index in [2.05, 4.69) is 15.6 Å². The highest BCUT2D eigenvalue weighted by molar-refractivity contribution is 5.74. The van der Waals surface area contributed by atoms with Crippen LogP contribution in [0.25, 0.3) is 0 Å². The van der Waals surface area contributed by atoms with Gasteiger partial charge in [-0.1, -0.05) is 18.9 Å². The molecule has 2 amide bonds. The van der Waals surface area contributed by atoms with E-state index in [0.717, 1.165) is 44.1 Å². The molecular weight excluding hydrogens is 318 g/mol. The van der Waals surface area contributed by atoms with Gasteiger partial charge in [0, 0.05) is 31.1 Å². The van der Waals surface area contributed by atoms with Crippen LogP contribution in [-0.4, -0.2) is 41.4 Å².